The number of nitrogens with one attached hydrogen (secondary N) is 1. The summed E-state index contributed by atoms with van der Waals surface area (Å²) in [7, 11) is 0. The predicted octanol–water partition coefficient (Wildman–Crippen LogP) is 0.0135. The first kappa shape index (κ1) is 14.8. The average Bonchev–Trinajstić information content (AvgIpc) is 3.28. The Morgan fingerprint density at radius 3 is 2.79 bits per heavy atom. The van der Waals surface area contributed by atoms with Gasteiger partial charge in [0.15, 0.2) is 5.69 Å². The number of amides is 1. The second-order valence-electron chi connectivity index (χ2n) is 6.34. The molecular formula is C16H17N5O3. The number of aromatic nitrogens is 3. The van der Waals surface area contributed by atoms with E-state index in [2.05, 4.69) is 15.6 Å². The van der Waals surface area contributed by atoms with E-state index in [0.29, 0.717) is 25.3 Å². The number of para-hydroxylation sites is 1. The van der Waals surface area contributed by atoms with Crippen molar-refractivity contribution < 1.29 is 14.7 Å². The van der Waals surface area contributed by atoms with Crippen molar-refractivity contribution in [3.8, 4) is 5.69 Å². The van der Waals surface area contributed by atoms with Crippen molar-refractivity contribution in [2.45, 2.75) is 0 Å². The second-order valence-corrected chi connectivity index (χ2v) is 6.34. The fraction of sp³-hybridized carbons (Fsp3) is 0.375. The largest absolute Gasteiger partial charge is 0.481 e. The van der Waals surface area contributed by atoms with Crippen LogP contribution in [-0.2, 0) is 4.79 Å². The monoisotopic (exact) mass is 327 g/mol. The van der Waals surface area contributed by atoms with Gasteiger partial charge in [-0.2, -0.15) is 0 Å². The molecule has 3 heterocycles. The highest BCUT2D eigenvalue weighted by molar-refractivity contribution is 5.94. The summed E-state index contributed by atoms with van der Waals surface area (Å²) >= 11 is 0. The molecule has 0 spiro atoms. The smallest absolute Gasteiger partial charge is 0.313 e. The van der Waals surface area contributed by atoms with Crippen LogP contribution in [0.5, 0.6) is 0 Å². The normalized spacial score (nSPS) is 25.7. The minimum Gasteiger partial charge on any atom is -0.481 e. The van der Waals surface area contributed by atoms with Crippen LogP contribution in [0.1, 0.15) is 10.5 Å². The molecule has 0 aliphatic carbocycles. The molecule has 1 amide bonds. The molecule has 2 saturated heterocycles. The van der Waals surface area contributed by atoms with Crippen LogP contribution >= 0.6 is 0 Å². The van der Waals surface area contributed by atoms with Crippen LogP contribution in [0.4, 0.5) is 0 Å². The summed E-state index contributed by atoms with van der Waals surface area (Å²) in [6.45, 7) is 1.65. The lowest BCUT2D eigenvalue weighted by Crippen LogP contribution is -2.41. The van der Waals surface area contributed by atoms with Gasteiger partial charge in [-0.05, 0) is 12.1 Å². The van der Waals surface area contributed by atoms with E-state index in [4.69, 9.17) is 0 Å². The third kappa shape index (κ3) is 2.10. The number of nitrogens with zero attached hydrogens (tertiary/aromatic N) is 4. The minimum atomic E-state index is -0.888. The lowest BCUT2D eigenvalue weighted by atomic mass is 9.81. The highest BCUT2D eigenvalue weighted by Crippen LogP contribution is 2.39. The van der Waals surface area contributed by atoms with Crippen LogP contribution in [0.15, 0.2) is 36.5 Å². The number of carboxylic acids is 1. The zero-order chi connectivity index (χ0) is 16.7. The Kier molecular flexibility index (Phi) is 3.34. The van der Waals surface area contributed by atoms with Gasteiger partial charge in [0.25, 0.3) is 5.91 Å². The zero-order valence-corrected chi connectivity index (χ0v) is 12.9. The molecule has 8 heteroatoms. The van der Waals surface area contributed by atoms with Gasteiger partial charge in [0.2, 0.25) is 0 Å². The summed E-state index contributed by atoms with van der Waals surface area (Å²) in [6, 6.07) is 9.28. The number of carboxylic acid groups (broad SMARTS) is 1. The number of carbonyl (C=O) groups is 2. The van der Waals surface area contributed by atoms with Gasteiger partial charge < -0.3 is 15.3 Å². The van der Waals surface area contributed by atoms with E-state index < -0.39 is 11.4 Å². The van der Waals surface area contributed by atoms with Crippen molar-refractivity contribution in [2.24, 2.45) is 11.3 Å². The molecule has 1 aromatic carbocycles. The Balaban J connectivity index is 1.63. The molecule has 2 N–H and O–H groups in total. The first-order valence-electron chi connectivity index (χ1n) is 7.81. The van der Waals surface area contributed by atoms with Crippen LogP contribution in [-0.4, -0.2) is 63.1 Å². The lowest BCUT2D eigenvalue weighted by Gasteiger charge is -2.22. The van der Waals surface area contributed by atoms with Crippen LogP contribution in [0.2, 0.25) is 0 Å². The summed E-state index contributed by atoms with van der Waals surface area (Å²) in [5.74, 6) is -1.15. The van der Waals surface area contributed by atoms with Crippen molar-refractivity contribution in [1.29, 1.82) is 0 Å². The van der Waals surface area contributed by atoms with Crippen molar-refractivity contribution in [2.75, 3.05) is 26.2 Å². The standard InChI is InChI=1S/C16H17N5O3/c22-14(13-7-18-19-21(13)12-4-2-1-3-5-12)20-8-11-6-17-9-16(11,10-20)15(23)24/h1-5,7,11,17H,6,8-10H2,(H,23,24)/t11-,16-/m0/s1. The number of rotatable bonds is 3. The van der Waals surface area contributed by atoms with Gasteiger partial charge in [-0.1, -0.05) is 23.4 Å². The molecule has 0 bridgehead atoms. The summed E-state index contributed by atoms with van der Waals surface area (Å²) in [6.07, 6.45) is 1.43. The summed E-state index contributed by atoms with van der Waals surface area (Å²) in [5.41, 5.74) is 0.197. The average molecular weight is 327 g/mol. The molecule has 4 rings (SSSR count). The van der Waals surface area contributed by atoms with Crippen molar-refractivity contribution in [3.63, 3.8) is 0 Å². The number of likely N-dealkylation sites (tertiary alicyclic amines) is 1. The Morgan fingerprint density at radius 2 is 2.08 bits per heavy atom. The van der Waals surface area contributed by atoms with Gasteiger partial charge in [0.1, 0.15) is 5.41 Å². The number of benzene rings is 1. The Morgan fingerprint density at radius 1 is 1.29 bits per heavy atom. The third-order valence-corrected chi connectivity index (χ3v) is 5.01. The fourth-order valence-corrected chi connectivity index (χ4v) is 3.68. The highest BCUT2D eigenvalue weighted by atomic mass is 16.4. The fourth-order valence-electron chi connectivity index (χ4n) is 3.68. The van der Waals surface area contributed by atoms with Crippen molar-refractivity contribution >= 4 is 11.9 Å². The number of hydrogen-bond donors (Lipinski definition) is 2. The summed E-state index contributed by atoms with van der Waals surface area (Å²) < 4.78 is 1.49. The van der Waals surface area contributed by atoms with Gasteiger partial charge in [0, 0.05) is 32.1 Å². The zero-order valence-electron chi connectivity index (χ0n) is 12.9. The SMILES string of the molecule is O=C(c1cnnn1-c1ccccc1)N1C[C@@H]2CNC[C@]2(C(=O)O)C1. The number of fused-ring (bicyclic) bond motifs is 1. The Labute approximate surface area is 138 Å². The number of carbonyl (C=O) groups excluding carboxylic acids is 1. The molecule has 0 unspecified atom stereocenters. The van der Waals surface area contributed by atoms with Gasteiger partial charge in [0.05, 0.1) is 11.9 Å². The molecule has 124 valence electrons. The quantitative estimate of drug-likeness (QED) is 0.824. The van der Waals surface area contributed by atoms with E-state index >= 15 is 0 Å². The van der Waals surface area contributed by atoms with Gasteiger partial charge in [-0.15, -0.1) is 5.10 Å². The summed E-state index contributed by atoms with van der Waals surface area (Å²) in [4.78, 5) is 26.3. The molecule has 2 aliphatic rings. The molecule has 2 fully saturated rings. The summed E-state index contributed by atoms with van der Waals surface area (Å²) in [5, 5.41) is 20.6. The third-order valence-electron chi connectivity index (χ3n) is 5.01. The first-order valence-corrected chi connectivity index (χ1v) is 7.81. The molecule has 24 heavy (non-hydrogen) atoms. The van der Waals surface area contributed by atoms with Crippen LogP contribution in [0.3, 0.4) is 0 Å². The molecule has 2 aliphatic heterocycles. The van der Waals surface area contributed by atoms with Gasteiger partial charge in [-0.3, -0.25) is 9.59 Å². The molecule has 2 atom stereocenters. The number of hydrogen-bond acceptors (Lipinski definition) is 5. The van der Waals surface area contributed by atoms with Gasteiger partial charge >= 0.3 is 5.97 Å². The van der Waals surface area contributed by atoms with E-state index in [1.54, 1.807) is 4.90 Å². The molecule has 0 radical (unpaired) electrons. The number of aliphatic carboxylic acids is 1. The van der Waals surface area contributed by atoms with E-state index in [0.717, 1.165) is 5.69 Å². The molecular weight excluding hydrogens is 310 g/mol. The maximum Gasteiger partial charge on any atom is 0.313 e. The molecule has 1 aromatic heterocycles. The lowest BCUT2D eigenvalue weighted by molar-refractivity contribution is -0.148. The minimum absolute atomic E-state index is 0.0694. The molecule has 2 aromatic rings. The first-order chi connectivity index (χ1) is 11.6. The van der Waals surface area contributed by atoms with Crippen LogP contribution < -0.4 is 5.32 Å². The maximum absolute atomic E-state index is 12.9. The van der Waals surface area contributed by atoms with E-state index in [1.807, 2.05) is 30.3 Å². The van der Waals surface area contributed by atoms with Gasteiger partial charge in [-0.25, -0.2) is 4.68 Å². The molecule has 0 saturated carbocycles. The van der Waals surface area contributed by atoms with E-state index in [1.165, 1.54) is 10.9 Å². The van der Waals surface area contributed by atoms with Crippen LogP contribution in [0.25, 0.3) is 5.69 Å². The highest BCUT2D eigenvalue weighted by Gasteiger charge is 2.56. The van der Waals surface area contributed by atoms with Crippen LogP contribution in [0, 0.1) is 11.3 Å². The van der Waals surface area contributed by atoms with Crippen molar-refractivity contribution in [3.05, 3.63) is 42.2 Å². The van der Waals surface area contributed by atoms with E-state index in [9.17, 15) is 14.7 Å². The van der Waals surface area contributed by atoms with Crippen molar-refractivity contribution in [1.82, 2.24) is 25.2 Å². The Hall–Kier alpha value is -2.74. The topological polar surface area (TPSA) is 100 Å². The van der Waals surface area contributed by atoms with E-state index in [-0.39, 0.29) is 18.4 Å². The second kappa shape index (κ2) is 5.41. The molecule has 8 nitrogen and oxygen atoms in total. The Bertz CT molecular complexity index is 790. The maximum atomic E-state index is 12.9. The predicted molar refractivity (Wildman–Crippen MR) is 83.7 cm³/mol.